The molecule has 6 nitrogen and oxygen atoms in total. The van der Waals surface area contributed by atoms with Gasteiger partial charge >= 0.3 is 12.0 Å². The zero-order chi connectivity index (χ0) is 20.6. The van der Waals surface area contributed by atoms with Crippen molar-refractivity contribution in [2.75, 3.05) is 6.61 Å². The van der Waals surface area contributed by atoms with Crippen LogP contribution in [0.4, 0.5) is 0 Å². The summed E-state index contributed by atoms with van der Waals surface area (Å²) in [4.78, 5) is 16.0. The van der Waals surface area contributed by atoms with E-state index in [1.165, 1.54) is 0 Å². The zero-order valence-electron chi connectivity index (χ0n) is 17.0. The fraction of sp³-hybridized carbons (Fsp3) is 0.348. The molecule has 1 aromatic heterocycles. The lowest BCUT2D eigenvalue weighted by atomic mass is 9.99. The Kier molecular flexibility index (Phi) is 7.00. The van der Waals surface area contributed by atoms with Crippen LogP contribution in [0.5, 0.6) is 6.01 Å². The van der Waals surface area contributed by atoms with Crippen LogP contribution < -0.4 is 4.74 Å². The molecule has 1 N–H and O–H groups in total. The van der Waals surface area contributed by atoms with Crippen molar-refractivity contribution in [3.8, 4) is 17.1 Å². The first-order chi connectivity index (χ1) is 14.1. The Labute approximate surface area is 171 Å². The number of ether oxygens (including phenoxy) is 1. The van der Waals surface area contributed by atoms with Gasteiger partial charge < -0.3 is 9.84 Å². The molecule has 0 unspecified atom stereocenters. The molecule has 0 aliphatic rings. The van der Waals surface area contributed by atoms with E-state index >= 15 is 0 Å². The van der Waals surface area contributed by atoms with Crippen molar-refractivity contribution in [1.82, 2.24) is 14.8 Å². The van der Waals surface area contributed by atoms with Crippen molar-refractivity contribution in [2.24, 2.45) is 0 Å². The highest BCUT2D eigenvalue weighted by Crippen LogP contribution is 2.24. The van der Waals surface area contributed by atoms with Crippen molar-refractivity contribution in [2.45, 2.75) is 46.1 Å². The average Bonchev–Trinajstić information content (AvgIpc) is 3.10. The maximum atomic E-state index is 11.5. The number of carboxylic acids is 1. The third kappa shape index (κ3) is 5.22. The lowest BCUT2D eigenvalue weighted by molar-refractivity contribution is 0.0697. The molecule has 0 spiro atoms. The normalized spacial score (nSPS) is 10.8. The molecule has 0 fully saturated rings. The monoisotopic (exact) mass is 393 g/mol. The lowest BCUT2D eigenvalue weighted by Gasteiger charge is -2.09. The summed E-state index contributed by atoms with van der Waals surface area (Å²) in [6, 6.07) is 15.4. The number of aromatic nitrogens is 3. The van der Waals surface area contributed by atoms with Gasteiger partial charge in [0.1, 0.15) is 5.82 Å². The van der Waals surface area contributed by atoms with E-state index in [1.807, 2.05) is 48.0 Å². The Balaban J connectivity index is 1.80. The van der Waals surface area contributed by atoms with Gasteiger partial charge in [0, 0.05) is 6.42 Å². The van der Waals surface area contributed by atoms with Gasteiger partial charge in [0.05, 0.1) is 18.7 Å². The number of aryl methyl sites for hydroxylation is 1. The number of nitrogens with zero attached hydrogens (tertiary/aromatic N) is 3. The first-order valence-corrected chi connectivity index (χ1v) is 10.1. The number of unbranched alkanes of at least 4 members (excludes halogenated alkanes) is 2. The minimum atomic E-state index is -0.924. The predicted octanol–water partition coefficient (Wildman–Crippen LogP) is 4.82. The van der Waals surface area contributed by atoms with Crippen LogP contribution >= 0.6 is 0 Å². The highest BCUT2D eigenvalue weighted by Gasteiger charge is 2.13. The Hall–Kier alpha value is -3.15. The van der Waals surface area contributed by atoms with Gasteiger partial charge in [0.25, 0.3) is 0 Å². The van der Waals surface area contributed by atoms with E-state index in [9.17, 15) is 9.90 Å². The quantitative estimate of drug-likeness (QED) is 0.500. The predicted molar refractivity (Wildman–Crippen MR) is 112 cm³/mol. The minimum absolute atomic E-state index is 0.302. The summed E-state index contributed by atoms with van der Waals surface area (Å²) >= 11 is 0. The van der Waals surface area contributed by atoms with Crippen molar-refractivity contribution in [3.63, 3.8) is 0 Å². The molecule has 0 aliphatic heterocycles. The van der Waals surface area contributed by atoms with Gasteiger partial charge in [-0.2, -0.15) is 4.98 Å². The van der Waals surface area contributed by atoms with Gasteiger partial charge in [-0.05, 0) is 36.1 Å². The minimum Gasteiger partial charge on any atom is -0.478 e. The summed E-state index contributed by atoms with van der Waals surface area (Å²) in [6.07, 6.45) is 4.27. The average molecular weight is 393 g/mol. The molecule has 0 radical (unpaired) electrons. The van der Waals surface area contributed by atoms with Gasteiger partial charge in [-0.3, -0.25) is 0 Å². The molecular formula is C23H27N3O3. The van der Waals surface area contributed by atoms with Gasteiger partial charge in [0.15, 0.2) is 0 Å². The highest BCUT2D eigenvalue weighted by atomic mass is 16.5. The highest BCUT2D eigenvalue weighted by molar-refractivity contribution is 5.95. The van der Waals surface area contributed by atoms with E-state index < -0.39 is 5.97 Å². The molecule has 152 valence electrons. The van der Waals surface area contributed by atoms with E-state index in [1.54, 1.807) is 12.1 Å². The van der Waals surface area contributed by atoms with Crippen molar-refractivity contribution in [3.05, 3.63) is 65.5 Å². The Morgan fingerprint density at radius 1 is 1.07 bits per heavy atom. The van der Waals surface area contributed by atoms with E-state index in [0.717, 1.165) is 42.6 Å². The van der Waals surface area contributed by atoms with Crippen LogP contribution in [-0.4, -0.2) is 32.4 Å². The van der Waals surface area contributed by atoms with Crippen LogP contribution in [0.15, 0.2) is 48.5 Å². The molecule has 0 aliphatic carbocycles. The summed E-state index contributed by atoms with van der Waals surface area (Å²) in [6.45, 7) is 5.24. The molecule has 2 aromatic carbocycles. The molecular weight excluding hydrogens is 366 g/mol. The molecule has 0 amide bonds. The molecule has 1 heterocycles. The number of carbonyl (C=O) groups is 1. The van der Waals surface area contributed by atoms with E-state index in [-0.39, 0.29) is 0 Å². The van der Waals surface area contributed by atoms with Crippen LogP contribution in [0.3, 0.4) is 0 Å². The third-order valence-corrected chi connectivity index (χ3v) is 4.76. The van der Waals surface area contributed by atoms with E-state index in [0.29, 0.717) is 30.3 Å². The van der Waals surface area contributed by atoms with Crippen LogP contribution in [0.1, 0.15) is 54.9 Å². The zero-order valence-corrected chi connectivity index (χ0v) is 17.0. The molecule has 0 bridgehead atoms. The van der Waals surface area contributed by atoms with Crippen molar-refractivity contribution < 1.29 is 14.6 Å². The van der Waals surface area contributed by atoms with E-state index in [4.69, 9.17) is 4.74 Å². The van der Waals surface area contributed by atoms with Crippen molar-refractivity contribution >= 4 is 5.97 Å². The Bertz CT molecular complexity index is 948. The summed E-state index contributed by atoms with van der Waals surface area (Å²) in [7, 11) is 0. The van der Waals surface area contributed by atoms with Crippen LogP contribution in [0.2, 0.25) is 0 Å². The standard InChI is InChI=1S/C23H27N3O3/c1-3-5-6-11-21-24-23(29-4-2)25-26(21)16-17-12-14-18(15-13-17)19-9-7-8-10-20(19)22(27)28/h7-10,12-15H,3-6,11,16H2,1-2H3,(H,27,28). The molecule has 0 saturated carbocycles. The third-order valence-electron chi connectivity index (χ3n) is 4.76. The number of rotatable bonds is 10. The summed E-state index contributed by atoms with van der Waals surface area (Å²) in [5, 5.41) is 13.9. The second kappa shape index (κ2) is 9.87. The SMILES string of the molecule is CCCCCc1nc(OCC)nn1Cc1ccc(-c2ccccc2C(=O)O)cc1. The van der Waals surface area contributed by atoms with Gasteiger partial charge in [-0.1, -0.05) is 62.2 Å². The molecule has 3 aromatic rings. The van der Waals surface area contributed by atoms with Gasteiger partial charge in [0.2, 0.25) is 0 Å². The summed E-state index contributed by atoms with van der Waals surface area (Å²) in [5.41, 5.74) is 2.97. The Morgan fingerprint density at radius 3 is 2.52 bits per heavy atom. The summed E-state index contributed by atoms with van der Waals surface area (Å²) in [5.74, 6) is 0.00895. The van der Waals surface area contributed by atoms with Crippen LogP contribution in [0, 0.1) is 0 Å². The maximum absolute atomic E-state index is 11.5. The number of hydrogen-bond donors (Lipinski definition) is 1. The molecule has 6 heteroatoms. The first kappa shape index (κ1) is 20.6. The van der Waals surface area contributed by atoms with Crippen molar-refractivity contribution in [1.29, 1.82) is 0 Å². The largest absolute Gasteiger partial charge is 0.478 e. The number of aromatic carboxylic acids is 1. The second-order valence-electron chi connectivity index (χ2n) is 6.91. The van der Waals surface area contributed by atoms with Crippen LogP contribution in [0.25, 0.3) is 11.1 Å². The molecule has 3 rings (SSSR count). The molecule has 0 atom stereocenters. The maximum Gasteiger partial charge on any atom is 0.336 e. The van der Waals surface area contributed by atoms with Gasteiger partial charge in [-0.15, -0.1) is 5.10 Å². The number of benzene rings is 2. The smallest absolute Gasteiger partial charge is 0.336 e. The second-order valence-corrected chi connectivity index (χ2v) is 6.91. The molecule has 0 saturated heterocycles. The van der Waals surface area contributed by atoms with Crippen LogP contribution in [-0.2, 0) is 13.0 Å². The lowest BCUT2D eigenvalue weighted by Crippen LogP contribution is -2.07. The first-order valence-electron chi connectivity index (χ1n) is 10.1. The Morgan fingerprint density at radius 2 is 1.83 bits per heavy atom. The fourth-order valence-electron chi connectivity index (χ4n) is 3.27. The summed E-state index contributed by atoms with van der Waals surface area (Å²) < 4.78 is 7.39. The van der Waals surface area contributed by atoms with E-state index in [2.05, 4.69) is 17.0 Å². The number of hydrogen-bond acceptors (Lipinski definition) is 4. The molecule has 29 heavy (non-hydrogen) atoms. The number of carboxylic acid groups (broad SMARTS) is 1. The fourth-order valence-corrected chi connectivity index (χ4v) is 3.27. The van der Waals surface area contributed by atoms with Gasteiger partial charge in [-0.25, -0.2) is 9.48 Å². The topological polar surface area (TPSA) is 77.2 Å².